The van der Waals surface area contributed by atoms with Crippen LogP contribution in [0.4, 0.5) is 13.2 Å². The van der Waals surface area contributed by atoms with Gasteiger partial charge in [0.15, 0.2) is 0 Å². The molecule has 1 rings (SSSR count). The highest BCUT2D eigenvalue weighted by molar-refractivity contribution is 5.29. The Morgan fingerprint density at radius 2 is 1.80 bits per heavy atom. The number of hydrogen-bond acceptors (Lipinski definition) is 1. The van der Waals surface area contributed by atoms with Crippen LogP contribution in [0.25, 0.3) is 0 Å². The van der Waals surface area contributed by atoms with Gasteiger partial charge in [0.25, 0.3) is 0 Å². The Bertz CT molecular complexity index is 388. The van der Waals surface area contributed by atoms with Gasteiger partial charge in [-0.1, -0.05) is 31.5 Å². The fraction of sp³-hybridized carbons (Fsp3) is 0.625. The summed E-state index contributed by atoms with van der Waals surface area (Å²) in [4.78, 5) is 0. The van der Waals surface area contributed by atoms with Crippen molar-refractivity contribution in [2.45, 2.75) is 58.2 Å². The minimum absolute atomic E-state index is 0.265. The van der Waals surface area contributed by atoms with Crippen LogP contribution in [0.3, 0.4) is 0 Å². The van der Waals surface area contributed by atoms with Crippen molar-refractivity contribution in [2.75, 3.05) is 6.61 Å². The fourth-order valence-corrected chi connectivity index (χ4v) is 2.01. The Hall–Kier alpha value is -1.03. The van der Waals surface area contributed by atoms with Gasteiger partial charge in [-0.15, -0.1) is 0 Å². The number of benzene rings is 1. The summed E-state index contributed by atoms with van der Waals surface area (Å²) in [7, 11) is 0. The van der Waals surface area contributed by atoms with Gasteiger partial charge in [-0.2, -0.15) is 13.2 Å². The SMILES string of the molecule is CCC(C)OCCCCCc1ccccc1C(F)(F)F. The minimum Gasteiger partial charge on any atom is -0.379 e. The molecule has 0 aliphatic rings. The summed E-state index contributed by atoms with van der Waals surface area (Å²) in [5, 5.41) is 0. The van der Waals surface area contributed by atoms with Gasteiger partial charge in [0.2, 0.25) is 0 Å². The molecule has 1 aromatic rings. The lowest BCUT2D eigenvalue weighted by Gasteiger charge is -2.13. The maximum atomic E-state index is 12.8. The molecule has 1 atom stereocenters. The molecule has 0 heterocycles. The van der Waals surface area contributed by atoms with E-state index in [1.54, 1.807) is 12.1 Å². The molecule has 0 amide bonds. The first kappa shape index (κ1) is 17.0. The predicted molar refractivity (Wildman–Crippen MR) is 74.7 cm³/mol. The first-order chi connectivity index (χ1) is 9.45. The molecule has 0 aliphatic heterocycles. The third kappa shape index (κ3) is 5.95. The minimum atomic E-state index is -4.25. The molecule has 0 N–H and O–H groups in total. The van der Waals surface area contributed by atoms with Gasteiger partial charge in [-0.05, 0) is 44.2 Å². The molecule has 0 saturated carbocycles. The largest absolute Gasteiger partial charge is 0.416 e. The summed E-state index contributed by atoms with van der Waals surface area (Å²) < 4.78 is 43.9. The lowest BCUT2D eigenvalue weighted by molar-refractivity contribution is -0.138. The summed E-state index contributed by atoms with van der Waals surface area (Å²) in [6.07, 6.45) is 0.0211. The second-order valence-corrected chi connectivity index (χ2v) is 5.06. The standard InChI is InChI=1S/C16H23F3O/c1-3-13(2)20-12-8-4-5-9-14-10-6-7-11-15(14)16(17,18)19/h6-7,10-11,13H,3-5,8-9,12H2,1-2H3. The second kappa shape index (κ2) is 8.30. The van der Waals surface area contributed by atoms with Crippen LogP contribution in [0.5, 0.6) is 0 Å². The molecule has 0 spiro atoms. The van der Waals surface area contributed by atoms with Crippen molar-refractivity contribution in [1.82, 2.24) is 0 Å². The van der Waals surface area contributed by atoms with Crippen LogP contribution < -0.4 is 0 Å². The van der Waals surface area contributed by atoms with Crippen LogP contribution in [-0.4, -0.2) is 12.7 Å². The zero-order valence-electron chi connectivity index (χ0n) is 12.2. The smallest absolute Gasteiger partial charge is 0.379 e. The van der Waals surface area contributed by atoms with Gasteiger partial charge in [0.1, 0.15) is 0 Å². The Kier molecular flexibility index (Phi) is 7.06. The summed E-state index contributed by atoms with van der Waals surface area (Å²) in [6.45, 7) is 4.79. The van der Waals surface area contributed by atoms with Crippen LogP contribution in [-0.2, 0) is 17.3 Å². The third-order valence-electron chi connectivity index (χ3n) is 3.39. The average Bonchev–Trinajstić information content (AvgIpc) is 2.41. The van der Waals surface area contributed by atoms with Crippen LogP contribution >= 0.6 is 0 Å². The van der Waals surface area contributed by atoms with Gasteiger partial charge in [-0.25, -0.2) is 0 Å². The molecule has 0 bridgehead atoms. The zero-order valence-corrected chi connectivity index (χ0v) is 12.2. The molecule has 0 fully saturated rings. The van der Waals surface area contributed by atoms with Crippen LogP contribution in [0.1, 0.15) is 50.7 Å². The number of halogens is 3. The molecule has 0 radical (unpaired) electrons. The van der Waals surface area contributed by atoms with E-state index in [1.807, 2.05) is 6.92 Å². The molecular formula is C16H23F3O. The molecule has 0 aromatic heterocycles. The lowest BCUT2D eigenvalue weighted by Crippen LogP contribution is -2.09. The first-order valence-corrected chi connectivity index (χ1v) is 7.21. The zero-order chi connectivity index (χ0) is 15.0. The molecule has 0 saturated heterocycles. The van der Waals surface area contributed by atoms with Gasteiger partial charge in [-0.3, -0.25) is 0 Å². The van der Waals surface area contributed by atoms with Crippen molar-refractivity contribution in [3.63, 3.8) is 0 Å². The topological polar surface area (TPSA) is 9.23 Å². The van der Waals surface area contributed by atoms with Crippen molar-refractivity contribution in [3.8, 4) is 0 Å². The summed E-state index contributed by atoms with van der Waals surface area (Å²) >= 11 is 0. The van der Waals surface area contributed by atoms with Crippen LogP contribution in [0.15, 0.2) is 24.3 Å². The quantitative estimate of drug-likeness (QED) is 0.595. The highest BCUT2D eigenvalue weighted by atomic mass is 19.4. The van der Waals surface area contributed by atoms with Crippen molar-refractivity contribution in [3.05, 3.63) is 35.4 Å². The molecule has 20 heavy (non-hydrogen) atoms. The number of rotatable bonds is 8. The Morgan fingerprint density at radius 1 is 1.10 bits per heavy atom. The summed E-state index contributed by atoms with van der Waals surface area (Å²) in [6, 6.07) is 5.82. The van der Waals surface area contributed by atoms with E-state index < -0.39 is 11.7 Å². The van der Waals surface area contributed by atoms with Crippen molar-refractivity contribution < 1.29 is 17.9 Å². The van der Waals surface area contributed by atoms with E-state index in [0.29, 0.717) is 18.6 Å². The van der Waals surface area contributed by atoms with Crippen molar-refractivity contribution in [1.29, 1.82) is 0 Å². The fourth-order valence-electron chi connectivity index (χ4n) is 2.01. The molecule has 1 aromatic carbocycles. The molecule has 1 nitrogen and oxygen atoms in total. The Morgan fingerprint density at radius 3 is 2.45 bits per heavy atom. The van der Waals surface area contributed by atoms with Crippen LogP contribution in [0, 0.1) is 0 Å². The Balaban J connectivity index is 2.32. The van der Waals surface area contributed by atoms with E-state index in [1.165, 1.54) is 6.07 Å². The monoisotopic (exact) mass is 288 g/mol. The molecular weight excluding hydrogens is 265 g/mol. The van der Waals surface area contributed by atoms with Gasteiger partial charge in [0, 0.05) is 6.61 Å². The van der Waals surface area contributed by atoms with Gasteiger partial charge in [0.05, 0.1) is 11.7 Å². The molecule has 114 valence electrons. The number of alkyl halides is 3. The molecule has 0 aliphatic carbocycles. The van der Waals surface area contributed by atoms with E-state index >= 15 is 0 Å². The van der Waals surface area contributed by atoms with E-state index in [2.05, 4.69) is 6.92 Å². The average molecular weight is 288 g/mol. The van der Waals surface area contributed by atoms with Crippen LogP contribution in [0.2, 0.25) is 0 Å². The highest BCUT2D eigenvalue weighted by Crippen LogP contribution is 2.32. The first-order valence-electron chi connectivity index (χ1n) is 7.21. The normalized spacial score (nSPS) is 13.4. The van der Waals surface area contributed by atoms with Crippen molar-refractivity contribution >= 4 is 0 Å². The highest BCUT2D eigenvalue weighted by Gasteiger charge is 2.32. The third-order valence-corrected chi connectivity index (χ3v) is 3.39. The van der Waals surface area contributed by atoms with E-state index in [0.717, 1.165) is 31.7 Å². The maximum Gasteiger partial charge on any atom is 0.416 e. The van der Waals surface area contributed by atoms with Gasteiger partial charge < -0.3 is 4.74 Å². The molecule has 4 heteroatoms. The maximum absolute atomic E-state index is 12.8. The van der Waals surface area contributed by atoms with Crippen molar-refractivity contribution in [2.24, 2.45) is 0 Å². The van der Waals surface area contributed by atoms with E-state index in [-0.39, 0.29) is 6.10 Å². The predicted octanol–water partition coefficient (Wildman–Crippen LogP) is 5.23. The van der Waals surface area contributed by atoms with Gasteiger partial charge >= 0.3 is 6.18 Å². The number of hydrogen-bond donors (Lipinski definition) is 0. The number of ether oxygens (including phenoxy) is 1. The Labute approximate surface area is 119 Å². The number of unbranched alkanes of at least 4 members (excludes halogenated alkanes) is 2. The molecule has 1 unspecified atom stereocenters. The second-order valence-electron chi connectivity index (χ2n) is 5.06. The number of aryl methyl sites for hydroxylation is 1. The summed E-state index contributed by atoms with van der Waals surface area (Å²) in [5.74, 6) is 0. The van der Waals surface area contributed by atoms with E-state index in [9.17, 15) is 13.2 Å². The lowest BCUT2D eigenvalue weighted by atomic mass is 10.0. The summed E-state index contributed by atoms with van der Waals surface area (Å²) in [5.41, 5.74) is -0.112. The van der Waals surface area contributed by atoms with E-state index in [4.69, 9.17) is 4.74 Å².